The number of amides is 2. The number of sulfone groups is 1. The summed E-state index contributed by atoms with van der Waals surface area (Å²) in [5.74, 6) is 0.889. The summed E-state index contributed by atoms with van der Waals surface area (Å²) in [6.45, 7) is 2.69. The summed E-state index contributed by atoms with van der Waals surface area (Å²) >= 11 is 0. The standard InChI is InChI=1S/C23H41N3O4S/c1-3-31(29,30)20-13-7-17(8-14-20)16-22(27)25-19-11-9-18(10-12-19)23(28)26(2)21-6-4-5-15-24-21/h17-21,24H,3-16H2,1-2H3,(H,25,27). The van der Waals surface area contributed by atoms with Crippen molar-refractivity contribution in [1.29, 1.82) is 0 Å². The van der Waals surface area contributed by atoms with Crippen LogP contribution < -0.4 is 10.6 Å². The van der Waals surface area contributed by atoms with Gasteiger partial charge >= 0.3 is 0 Å². The van der Waals surface area contributed by atoms with E-state index in [-0.39, 0.29) is 46.9 Å². The maximum atomic E-state index is 12.9. The number of nitrogens with one attached hydrogen (secondary N) is 2. The van der Waals surface area contributed by atoms with Crippen LogP contribution in [-0.4, -0.2) is 61.9 Å². The van der Waals surface area contributed by atoms with Crippen molar-refractivity contribution in [2.75, 3.05) is 19.3 Å². The molecule has 1 atom stereocenters. The van der Waals surface area contributed by atoms with Gasteiger partial charge in [-0.1, -0.05) is 6.92 Å². The Kier molecular flexibility index (Phi) is 8.79. The summed E-state index contributed by atoms with van der Waals surface area (Å²) in [5.41, 5.74) is 0. The van der Waals surface area contributed by atoms with Crippen LogP contribution in [0.5, 0.6) is 0 Å². The van der Waals surface area contributed by atoms with Crippen LogP contribution in [0.25, 0.3) is 0 Å². The first-order valence-corrected chi connectivity index (χ1v) is 14.0. The first-order chi connectivity index (χ1) is 14.8. The molecule has 8 heteroatoms. The van der Waals surface area contributed by atoms with Crippen molar-refractivity contribution in [2.24, 2.45) is 11.8 Å². The molecule has 3 fully saturated rings. The lowest BCUT2D eigenvalue weighted by Crippen LogP contribution is -2.51. The molecule has 0 aromatic carbocycles. The highest BCUT2D eigenvalue weighted by molar-refractivity contribution is 7.92. The second-order valence-corrected chi connectivity index (χ2v) is 12.4. The number of nitrogens with zero attached hydrogens (tertiary/aromatic N) is 1. The van der Waals surface area contributed by atoms with E-state index in [9.17, 15) is 18.0 Å². The predicted molar refractivity (Wildman–Crippen MR) is 122 cm³/mol. The van der Waals surface area contributed by atoms with Crippen molar-refractivity contribution in [2.45, 2.75) is 101 Å². The summed E-state index contributed by atoms with van der Waals surface area (Å²) in [6, 6.07) is 0.159. The number of piperidine rings is 1. The highest BCUT2D eigenvalue weighted by atomic mass is 32.2. The van der Waals surface area contributed by atoms with Gasteiger partial charge in [-0.15, -0.1) is 0 Å². The Morgan fingerprint density at radius 3 is 2.23 bits per heavy atom. The van der Waals surface area contributed by atoms with Gasteiger partial charge in [0.25, 0.3) is 0 Å². The van der Waals surface area contributed by atoms with Crippen LogP contribution in [0.1, 0.15) is 84.0 Å². The maximum absolute atomic E-state index is 12.9. The Balaban J connectivity index is 1.36. The lowest BCUT2D eigenvalue weighted by molar-refractivity contribution is -0.138. The van der Waals surface area contributed by atoms with E-state index in [1.165, 1.54) is 12.8 Å². The molecule has 2 aliphatic carbocycles. The van der Waals surface area contributed by atoms with Crippen LogP contribution in [-0.2, 0) is 19.4 Å². The molecule has 1 saturated heterocycles. The molecule has 0 aromatic heterocycles. The van der Waals surface area contributed by atoms with E-state index in [0.717, 1.165) is 51.5 Å². The van der Waals surface area contributed by atoms with Crippen molar-refractivity contribution in [3.8, 4) is 0 Å². The maximum Gasteiger partial charge on any atom is 0.226 e. The van der Waals surface area contributed by atoms with Gasteiger partial charge in [-0.3, -0.25) is 14.9 Å². The van der Waals surface area contributed by atoms with Crippen LogP contribution in [0.4, 0.5) is 0 Å². The molecule has 0 bridgehead atoms. The molecular weight excluding hydrogens is 414 g/mol. The zero-order valence-electron chi connectivity index (χ0n) is 19.3. The van der Waals surface area contributed by atoms with Gasteiger partial charge in [-0.05, 0) is 83.1 Å². The molecule has 1 unspecified atom stereocenters. The summed E-state index contributed by atoms with van der Waals surface area (Å²) in [6.07, 6.45) is 10.4. The van der Waals surface area contributed by atoms with E-state index in [2.05, 4.69) is 10.6 Å². The SMILES string of the molecule is CCS(=O)(=O)C1CCC(CC(=O)NC2CCC(C(=O)N(C)C3CCCCN3)CC2)CC1. The highest BCUT2D eigenvalue weighted by Crippen LogP contribution is 2.31. The van der Waals surface area contributed by atoms with Gasteiger partial charge in [0, 0.05) is 31.2 Å². The fourth-order valence-corrected chi connectivity index (χ4v) is 7.03. The number of hydrogen-bond acceptors (Lipinski definition) is 5. The van der Waals surface area contributed by atoms with E-state index in [1.54, 1.807) is 6.92 Å². The van der Waals surface area contributed by atoms with E-state index < -0.39 is 9.84 Å². The quantitative estimate of drug-likeness (QED) is 0.615. The van der Waals surface area contributed by atoms with Gasteiger partial charge in [0.1, 0.15) is 0 Å². The molecule has 0 aromatic rings. The minimum atomic E-state index is -2.96. The predicted octanol–water partition coefficient (Wildman–Crippen LogP) is 2.60. The summed E-state index contributed by atoms with van der Waals surface area (Å²) in [7, 11) is -1.04. The van der Waals surface area contributed by atoms with Gasteiger partial charge in [-0.2, -0.15) is 0 Å². The van der Waals surface area contributed by atoms with Gasteiger partial charge in [0.2, 0.25) is 11.8 Å². The molecule has 2 amide bonds. The topological polar surface area (TPSA) is 95.6 Å². The third-order valence-corrected chi connectivity index (χ3v) is 10.0. The smallest absolute Gasteiger partial charge is 0.226 e. The van der Waals surface area contributed by atoms with Gasteiger partial charge in [-0.25, -0.2) is 8.42 Å². The van der Waals surface area contributed by atoms with Gasteiger partial charge in [0.05, 0.1) is 11.4 Å². The van der Waals surface area contributed by atoms with E-state index in [0.29, 0.717) is 19.3 Å². The highest BCUT2D eigenvalue weighted by Gasteiger charge is 2.33. The Labute approximate surface area is 188 Å². The molecule has 1 heterocycles. The summed E-state index contributed by atoms with van der Waals surface area (Å²) in [4.78, 5) is 27.3. The molecule has 3 aliphatic rings. The normalized spacial score (nSPS) is 32.3. The zero-order chi connectivity index (χ0) is 22.4. The average Bonchev–Trinajstić information content (AvgIpc) is 2.79. The molecule has 0 radical (unpaired) electrons. The van der Waals surface area contributed by atoms with Crippen LogP contribution in [0, 0.1) is 11.8 Å². The van der Waals surface area contributed by atoms with E-state index in [4.69, 9.17) is 0 Å². The number of carbonyl (C=O) groups is 2. The van der Waals surface area contributed by atoms with Gasteiger partial charge in [0.15, 0.2) is 9.84 Å². The fourth-order valence-electron chi connectivity index (χ4n) is 5.57. The number of hydrogen-bond donors (Lipinski definition) is 2. The fraction of sp³-hybridized carbons (Fsp3) is 0.913. The Bertz CT molecular complexity index is 704. The van der Waals surface area contributed by atoms with Crippen LogP contribution in [0.2, 0.25) is 0 Å². The van der Waals surface area contributed by atoms with Crippen LogP contribution in [0.15, 0.2) is 0 Å². The number of rotatable bonds is 7. The molecular formula is C23H41N3O4S. The summed E-state index contributed by atoms with van der Waals surface area (Å²) < 4.78 is 24.1. The van der Waals surface area contributed by atoms with Crippen molar-refractivity contribution in [3.63, 3.8) is 0 Å². The molecule has 178 valence electrons. The molecule has 7 nitrogen and oxygen atoms in total. The lowest BCUT2D eigenvalue weighted by Gasteiger charge is -2.36. The van der Waals surface area contributed by atoms with Crippen molar-refractivity contribution < 1.29 is 18.0 Å². The molecule has 0 spiro atoms. The molecule has 2 saturated carbocycles. The third kappa shape index (κ3) is 6.67. The minimum absolute atomic E-state index is 0.0673. The second-order valence-electron chi connectivity index (χ2n) is 9.83. The molecule has 1 aliphatic heterocycles. The molecule has 31 heavy (non-hydrogen) atoms. The average molecular weight is 456 g/mol. The molecule has 3 rings (SSSR count). The number of carbonyl (C=O) groups excluding carboxylic acids is 2. The monoisotopic (exact) mass is 455 g/mol. The minimum Gasteiger partial charge on any atom is -0.353 e. The third-order valence-electron chi connectivity index (χ3n) is 7.72. The first kappa shape index (κ1) is 24.5. The van der Waals surface area contributed by atoms with Crippen molar-refractivity contribution in [3.05, 3.63) is 0 Å². The Morgan fingerprint density at radius 2 is 1.65 bits per heavy atom. The van der Waals surface area contributed by atoms with Crippen LogP contribution >= 0.6 is 0 Å². The lowest BCUT2D eigenvalue weighted by atomic mass is 9.84. The van der Waals surface area contributed by atoms with Gasteiger partial charge < -0.3 is 10.2 Å². The van der Waals surface area contributed by atoms with E-state index >= 15 is 0 Å². The Hall–Kier alpha value is -1.15. The van der Waals surface area contributed by atoms with Crippen LogP contribution in [0.3, 0.4) is 0 Å². The van der Waals surface area contributed by atoms with E-state index in [1.807, 2.05) is 11.9 Å². The van der Waals surface area contributed by atoms with Crippen molar-refractivity contribution >= 4 is 21.7 Å². The van der Waals surface area contributed by atoms with Crippen molar-refractivity contribution in [1.82, 2.24) is 15.5 Å². The zero-order valence-corrected chi connectivity index (χ0v) is 20.1. The Morgan fingerprint density at radius 1 is 0.968 bits per heavy atom. The largest absolute Gasteiger partial charge is 0.353 e. The summed E-state index contributed by atoms with van der Waals surface area (Å²) in [5, 5.41) is 6.40. The first-order valence-electron chi connectivity index (χ1n) is 12.3. The molecule has 2 N–H and O–H groups in total. The second kappa shape index (κ2) is 11.1.